The molecule has 0 aliphatic heterocycles. The molecule has 112 valence electrons. The van der Waals surface area contributed by atoms with E-state index in [1.807, 2.05) is 38.1 Å². The predicted molar refractivity (Wildman–Crippen MR) is 84.9 cm³/mol. The second kappa shape index (κ2) is 8.28. The van der Waals surface area contributed by atoms with Crippen molar-refractivity contribution in [3.8, 4) is 0 Å². The van der Waals surface area contributed by atoms with E-state index < -0.39 is 0 Å². The van der Waals surface area contributed by atoms with Gasteiger partial charge in [-0.25, -0.2) is 0 Å². The van der Waals surface area contributed by atoms with Crippen LogP contribution in [0.25, 0.3) is 0 Å². The van der Waals surface area contributed by atoms with E-state index in [0.29, 0.717) is 10.9 Å². The first-order valence-corrected chi connectivity index (χ1v) is 7.57. The van der Waals surface area contributed by atoms with Crippen LogP contribution in [0, 0.1) is 5.92 Å². The van der Waals surface area contributed by atoms with Gasteiger partial charge in [0.2, 0.25) is 5.91 Å². The molecule has 0 aromatic heterocycles. The SMILES string of the molecule is CC(C)CCNC(=O)C(C)N[C@@H](C)c1cccc(Cl)c1. The van der Waals surface area contributed by atoms with Gasteiger partial charge in [-0.2, -0.15) is 0 Å². The maximum absolute atomic E-state index is 12.0. The number of hydrogen-bond donors (Lipinski definition) is 2. The Hall–Kier alpha value is -1.06. The first-order valence-electron chi connectivity index (χ1n) is 7.19. The summed E-state index contributed by atoms with van der Waals surface area (Å²) in [5, 5.41) is 6.96. The van der Waals surface area contributed by atoms with Gasteiger partial charge in [0.1, 0.15) is 0 Å². The molecule has 20 heavy (non-hydrogen) atoms. The fourth-order valence-corrected chi connectivity index (χ4v) is 2.16. The molecule has 3 nitrogen and oxygen atoms in total. The molecule has 1 aromatic carbocycles. The lowest BCUT2D eigenvalue weighted by atomic mass is 10.1. The molecule has 2 atom stereocenters. The van der Waals surface area contributed by atoms with Crippen molar-refractivity contribution in [2.75, 3.05) is 6.54 Å². The van der Waals surface area contributed by atoms with Crippen molar-refractivity contribution in [2.45, 2.75) is 46.2 Å². The summed E-state index contributed by atoms with van der Waals surface area (Å²) in [5.41, 5.74) is 1.08. The molecule has 0 saturated heterocycles. The van der Waals surface area contributed by atoms with Crippen LogP contribution in [0.5, 0.6) is 0 Å². The number of carbonyl (C=O) groups is 1. The molecule has 0 saturated carbocycles. The molecule has 1 rings (SSSR count). The summed E-state index contributed by atoms with van der Waals surface area (Å²) in [6, 6.07) is 7.55. The van der Waals surface area contributed by atoms with Gasteiger partial charge in [0.15, 0.2) is 0 Å². The maximum Gasteiger partial charge on any atom is 0.236 e. The standard InChI is InChI=1S/C16H25ClN2O/c1-11(2)8-9-18-16(20)13(4)19-12(3)14-6-5-7-15(17)10-14/h5-7,10-13,19H,8-9H2,1-4H3,(H,18,20)/t12-,13?/m0/s1. The third-order valence-electron chi connectivity index (χ3n) is 3.26. The fourth-order valence-electron chi connectivity index (χ4n) is 1.96. The predicted octanol–water partition coefficient (Wildman–Crippen LogP) is 3.54. The minimum atomic E-state index is -0.226. The molecular weight excluding hydrogens is 272 g/mol. The van der Waals surface area contributed by atoms with E-state index in [1.165, 1.54) is 0 Å². The van der Waals surface area contributed by atoms with E-state index in [1.54, 1.807) is 0 Å². The van der Waals surface area contributed by atoms with Gasteiger partial charge in [0.25, 0.3) is 0 Å². The number of halogens is 1. The average Bonchev–Trinajstić information content (AvgIpc) is 2.38. The highest BCUT2D eigenvalue weighted by Crippen LogP contribution is 2.17. The monoisotopic (exact) mass is 296 g/mol. The zero-order valence-electron chi connectivity index (χ0n) is 12.7. The average molecular weight is 297 g/mol. The van der Waals surface area contributed by atoms with Crippen LogP contribution >= 0.6 is 11.6 Å². The van der Waals surface area contributed by atoms with Gasteiger partial charge in [-0.15, -0.1) is 0 Å². The van der Waals surface area contributed by atoms with E-state index in [4.69, 9.17) is 11.6 Å². The first kappa shape index (κ1) is 17.0. The lowest BCUT2D eigenvalue weighted by Crippen LogP contribution is -2.43. The third kappa shape index (κ3) is 5.93. The van der Waals surface area contributed by atoms with Crippen molar-refractivity contribution in [2.24, 2.45) is 5.92 Å². The zero-order chi connectivity index (χ0) is 15.1. The first-order chi connectivity index (χ1) is 9.40. The largest absolute Gasteiger partial charge is 0.355 e. The molecule has 0 aliphatic rings. The maximum atomic E-state index is 12.0. The summed E-state index contributed by atoms with van der Waals surface area (Å²) in [5.74, 6) is 0.642. The molecule has 1 unspecified atom stereocenters. The number of benzene rings is 1. The summed E-state index contributed by atoms with van der Waals surface area (Å²) in [7, 11) is 0. The van der Waals surface area contributed by atoms with Crippen molar-refractivity contribution >= 4 is 17.5 Å². The quantitative estimate of drug-likeness (QED) is 0.808. The Morgan fingerprint density at radius 3 is 2.55 bits per heavy atom. The van der Waals surface area contributed by atoms with Gasteiger partial charge in [0, 0.05) is 17.6 Å². The van der Waals surface area contributed by atoms with Crippen molar-refractivity contribution < 1.29 is 4.79 Å². The van der Waals surface area contributed by atoms with Gasteiger partial charge < -0.3 is 5.32 Å². The van der Waals surface area contributed by atoms with E-state index in [2.05, 4.69) is 24.5 Å². The van der Waals surface area contributed by atoms with Gasteiger partial charge in [-0.3, -0.25) is 10.1 Å². The van der Waals surface area contributed by atoms with Crippen molar-refractivity contribution in [3.05, 3.63) is 34.9 Å². The molecule has 1 amide bonds. The van der Waals surface area contributed by atoms with Crippen LogP contribution in [0.2, 0.25) is 5.02 Å². The minimum absolute atomic E-state index is 0.0412. The smallest absolute Gasteiger partial charge is 0.236 e. The summed E-state index contributed by atoms with van der Waals surface area (Å²) >= 11 is 5.98. The molecule has 0 aliphatic carbocycles. The van der Waals surface area contributed by atoms with Crippen molar-refractivity contribution in [1.29, 1.82) is 0 Å². The topological polar surface area (TPSA) is 41.1 Å². The summed E-state index contributed by atoms with van der Waals surface area (Å²) < 4.78 is 0. The van der Waals surface area contributed by atoms with Gasteiger partial charge in [-0.1, -0.05) is 37.6 Å². The molecule has 0 fully saturated rings. The molecule has 0 heterocycles. The van der Waals surface area contributed by atoms with E-state index in [0.717, 1.165) is 18.5 Å². The van der Waals surface area contributed by atoms with E-state index in [9.17, 15) is 4.79 Å². The Morgan fingerprint density at radius 2 is 1.95 bits per heavy atom. The number of carbonyl (C=O) groups excluding carboxylic acids is 1. The molecule has 0 bridgehead atoms. The Balaban J connectivity index is 2.44. The van der Waals surface area contributed by atoms with Crippen LogP contribution in [-0.2, 0) is 4.79 Å². The highest BCUT2D eigenvalue weighted by Gasteiger charge is 2.16. The van der Waals surface area contributed by atoms with E-state index in [-0.39, 0.29) is 18.0 Å². The van der Waals surface area contributed by atoms with Crippen LogP contribution in [-0.4, -0.2) is 18.5 Å². The number of amides is 1. The Bertz CT molecular complexity index is 434. The Labute approximate surface area is 127 Å². The van der Waals surface area contributed by atoms with Gasteiger partial charge in [-0.05, 0) is 43.9 Å². The Kier molecular flexibility index (Phi) is 7.03. The lowest BCUT2D eigenvalue weighted by Gasteiger charge is -2.20. The third-order valence-corrected chi connectivity index (χ3v) is 3.50. The Morgan fingerprint density at radius 1 is 1.25 bits per heavy atom. The number of hydrogen-bond acceptors (Lipinski definition) is 2. The highest BCUT2D eigenvalue weighted by atomic mass is 35.5. The second-order valence-electron chi connectivity index (χ2n) is 5.64. The molecule has 4 heteroatoms. The molecule has 0 spiro atoms. The molecular formula is C16H25ClN2O. The molecule has 2 N–H and O–H groups in total. The second-order valence-corrected chi connectivity index (χ2v) is 6.08. The van der Waals surface area contributed by atoms with Crippen LogP contribution < -0.4 is 10.6 Å². The molecule has 1 aromatic rings. The number of rotatable bonds is 7. The van der Waals surface area contributed by atoms with Crippen LogP contribution in [0.1, 0.15) is 45.7 Å². The van der Waals surface area contributed by atoms with Gasteiger partial charge in [0.05, 0.1) is 6.04 Å². The van der Waals surface area contributed by atoms with Crippen LogP contribution in [0.15, 0.2) is 24.3 Å². The van der Waals surface area contributed by atoms with Crippen molar-refractivity contribution in [1.82, 2.24) is 10.6 Å². The summed E-state index contributed by atoms with van der Waals surface area (Å²) in [4.78, 5) is 12.0. The molecule has 0 radical (unpaired) electrons. The lowest BCUT2D eigenvalue weighted by molar-refractivity contribution is -0.122. The van der Waals surface area contributed by atoms with Gasteiger partial charge >= 0.3 is 0 Å². The number of nitrogens with one attached hydrogen (secondary N) is 2. The highest BCUT2D eigenvalue weighted by molar-refractivity contribution is 6.30. The summed E-state index contributed by atoms with van der Waals surface area (Å²) in [6.07, 6.45) is 1.00. The fraction of sp³-hybridized carbons (Fsp3) is 0.562. The van der Waals surface area contributed by atoms with Crippen LogP contribution in [0.4, 0.5) is 0 Å². The summed E-state index contributed by atoms with van der Waals surface area (Å²) in [6.45, 7) is 8.94. The normalized spacial score (nSPS) is 14.1. The van der Waals surface area contributed by atoms with Crippen LogP contribution in [0.3, 0.4) is 0 Å². The van der Waals surface area contributed by atoms with Crippen molar-refractivity contribution in [3.63, 3.8) is 0 Å². The zero-order valence-corrected chi connectivity index (χ0v) is 13.5. The minimum Gasteiger partial charge on any atom is -0.355 e. The van der Waals surface area contributed by atoms with E-state index >= 15 is 0 Å².